The summed E-state index contributed by atoms with van der Waals surface area (Å²) in [7, 11) is 0. The number of hydrogen-bond acceptors (Lipinski definition) is 3. The van der Waals surface area contributed by atoms with Gasteiger partial charge in [0.25, 0.3) is 11.8 Å². The average molecular weight is 394 g/mol. The van der Waals surface area contributed by atoms with Crippen LogP contribution in [0.3, 0.4) is 0 Å². The molecule has 29 heavy (non-hydrogen) atoms. The van der Waals surface area contributed by atoms with Crippen molar-refractivity contribution < 1.29 is 23.2 Å². The molecule has 0 heterocycles. The highest BCUT2D eigenvalue weighted by molar-refractivity contribution is 6.08. The van der Waals surface area contributed by atoms with Crippen molar-refractivity contribution in [1.82, 2.24) is 0 Å². The quantitative estimate of drug-likeness (QED) is 0.618. The molecule has 0 bridgehead atoms. The predicted molar refractivity (Wildman–Crippen MR) is 105 cm³/mol. The van der Waals surface area contributed by atoms with Gasteiger partial charge in [-0.25, -0.2) is 8.78 Å². The molecule has 0 saturated carbocycles. The number of amides is 2. The molecule has 3 aromatic carbocycles. The van der Waals surface area contributed by atoms with Crippen LogP contribution in [-0.4, -0.2) is 17.6 Å². The van der Waals surface area contributed by atoms with Gasteiger partial charge in [-0.1, -0.05) is 6.07 Å². The topological polar surface area (TPSA) is 75.3 Å². The van der Waals surface area contributed by atoms with E-state index in [0.717, 1.165) is 12.1 Å². The van der Waals surface area contributed by atoms with Gasteiger partial charge in [0.2, 0.25) is 0 Å². The molecule has 0 fully saturated rings. The van der Waals surface area contributed by atoms with Crippen molar-refractivity contribution in [3.8, 4) is 0 Å². The van der Waals surface area contributed by atoms with Crippen LogP contribution in [0.4, 0.5) is 20.2 Å². The molecule has 5 nitrogen and oxygen atoms in total. The van der Waals surface area contributed by atoms with Gasteiger partial charge in [-0.3, -0.25) is 14.4 Å². The largest absolute Gasteiger partial charge is 0.322 e. The third-order valence-electron chi connectivity index (χ3n) is 4.11. The van der Waals surface area contributed by atoms with Gasteiger partial charge < -0.3 is 10.6 Å². The smallest absolute Gasteiger partial charge is 0.255 e. The summed E-state index contributed by atoms with van der Waals surface area (Å²) >= 11 is 0. The Morgan fingerprint density at radius 2 is 1.21 bits per heavy atom. The van der Waals surface area contributed by atoms with E-state index < -0.39 is 23.4 Å². The van der Waals surface area contributed by atoms with Gasteiger partial charge in [0.1, 0.15) is 0 Å². The van der Waals surface area contributed by atoms with Crippen LogP contribution in [0.5, 0.6) is 0 Å². The molecule has 0 radical (unpaired) electrons. The normalized spacial score (nSPS) is 10.3. The number of hydrogen-bond donors (Lipinski definition) is 2. The first-order valence-corrected chi connectivity index (χ1v) is 8.62. The molecule has 0 aliphatic rings. The molecule has 0 unspecified atom stereocenters. The fraction of sp³-hybridized carbons (Fsp3) is 0.0455. The van der Waals surface area contributed by atoms with Gasteiger partial charge in [-0.2, -0.15) is 0 Å². The molecular formula is C22H16F2N2O3. The maximum absolute atomic E-state index is 13.3. The van der Waals surface area contributed by atoms with Crippen molar-refractivity contribution >= 4 is 29.0 Å². The second-order valence-electron chi connectivity index (χ2n) is 6.25. The summed E-state index contributed by atoms with van der Waals surface area (Å²) < 4.78 is 26.3. The van der Waals surface area contributed by atoms with Crippen LogP contribution in [0.2, 0.25) is 0 Å². The number of carbonyl (C=O) groups excluding carboxylic acids is 3. The molecule has 2 N–H and O–H groups in total. The summed E-state index contributed by atoms with van der Waals surface area (Å²) in [5, 5.41) is 5.13. The van der Waals surface area contributed by atoms with Gasteiger partial charge in [-0.15, -0.1) is 0 Å². The summed E-state index contributed by atoms with van der Waals surface area (Å²) in [6, 6.07) is 15.4. The highest BCUT2D eigenvalue weighted by Gasteiger charge is 2.12. The van der Waals surface area contributed by atoms with Crippen LogP contribution in [0.15, 0.2) is 66.7 Å². The van der Waals surface area contributed by atoms with Crippen molar-refractivity contribution in [2.24, 2.45) is 0 Å². The zero-order chi connectivity index (χ0) is 21.0. The Hall–Kier alpha value is -3.87. The lowest BCUT2D eigenvalue weighted by molar-refractivity contribution is 0.101. The molecule has 2 amide bonds. The zero-order valence-corrected chi connectivity index (χ0v) is 15.3. The van der Waals surface area contributed by atoms with Crippen molar-refractivity contribution in [1.29, 1.82) is 0 Å². The van der Waals surface area contributed by atoms with E-state index in [-0.39, 0.29) is 22.6 Å². The number of Topliss-reactive ketones (excluding diaryl/α,β-unsaturated/α-hetero) is 1. The molecule has 146 valence electrons. The predicted octanol–water partition coefficient (Wildman–Crippen LogP) is 4.67. The number of carbonyl (C=O) groups is 3. The molecule has 0 spiro atoms. The second kappa shape index (κ2) is 8.43. The molecule has 0 atom stereocenters. The molecule has 0 aromatic heterocycles. The van der Waals surface area contributed by atoms with Crippen molar-refractivity contribution in [2.45, 2.75) is 6.92 Å². The maximum Gasteiger partial charge on any atom is 0.255 e. The van der Waals surface area contributed by atoms with E-state index in [1.807, 2.05) is 0 Å². The first kappa shape index (κ1) is 19.9. The first-order chi connectivity index (χ1) is 13.8. The minimum absolute atomic E-state index is 0.0809. The fourth-order valence-corrected chi connectivity index (χ4v) is 2.57. The lowest BCUT2D eigenvalue weighted by atomic mass is 10.1. The lowest BCUT2D eigenvalue weighted by Gasteiger charge is -2.09. The van der Waals surface area contributed by atoms with Crippen LogP contribution in [0.25, 0.3) is 0 Å². The van der Waals surface area contributed by atoms with Gasteiger partial charge >= 0.3 is 0 Å². The number of halogens is 2. The second-order valence-corrected chi connectivity index (χ2v) is 6.25. The van der Waals surface area contributed by atoms with Crippen LogP contribution >= 0.6 is 0 Å². The number of rotatable bonds is 5. The Bertz CT molecular complexity index is 1100. The van der Waals surface area contributed by atoms with Crippen LogP contribution in [0.1, 0.15) is 38.0 Å². The van der Waals surface area contributed by atoms with Crippen molar-refractivity contribution in [3.05, 3.63) is 95.1 Å². The van der Waals surface area contributed by atoms with E-state index in [2.05, 4.69) is 10.6 Å². The van der Waals surface area contributed by atoms with Gasteiger partial charge in [0.15, 0.2) is 17.4 Å². The number of anilines is 2. The minimum atomic E-state index is -1.08. The van der Waals surface area contributed by atoms with Gasteiger partial charge in [-0.05, 0) is 61.5 Å². The average Bonchev–Trinajstić information content (AvgIpc) is 2.71. The highest BCUT2D eigenvalue weighted by atomic mass is 19.2. The highest BCUT2D eigenvalue weighted by Crippen LogP contribution is 2.16. The van der Waals surface area contributed by atoms with Crippen molar-refractivity contribution in [3.63, 3.8) is 0 Å². The SMILES string of the molecule is CC(=O)c1ccc(NC(=O)c2cccc(C(=O)Nc3ccc(F)c(F)c3)c2)cc1. The van der Waals surface area contributed by atoms with Crippen LogP contribution in [-0.2, 0) is 0 Å². The van der Waals surface area contributed by atoms with Crippen LogP contribution in [0, 0.1) is 11.6 Å². The van der Waals surface area contributed by atoms with Gasteiger partial charge in [0, 0.05) is 34.1 Å². The monoisotopic (exact) mass is 394 g/mol. The lowest BCUT2D eigenvalue weighted by Crippen LogP contribution is -2.15. The minimum Gasteiger partial charge on any atom is -0.322 e. The Morgan fingerprint density at radius 3 is 1.76 bits per heavy atom. The summed E-state index contributed by atoms with van der Waals surface area (Å²) in [5.41, 5.74) is 1.53. The third-order valence-corrected chi connectivity index (χ3v) is 4.11. The van der Waals surface area contributed by atoms with E-state index in [9.17, 15) is 23.2 Å². The fourth-order valence-electron chi connectivity index (χ4n) is 2.57. The standard InChI is InChI=1S/C22H16F2N2O3/c1-13(27)14-5-7-17(8-6-14)25-21(28)15-3-2-4-16(11-15)22(29)26-18-9-10-19(23)20(24)12-18/h2-12H,1H3,(H,25,28)(H,26,29). The number of benzene rings is 3. The zero-order valence-electron chi connectivity index (χ0n) is 15.3. The third kappa shape index (κ3) is 4.90. The number of ketones is 1. The Labute approximate surface area is 165 Å². The van der Waals surface area contributed by atoms with E-state index in [1.165, 1.54) is 37.3 Å². The van der Waals surface area contributed by atoms with Gasteiger partial charge in [0.05, 0.1) is 0 Å². The summed E-state index contributed by atoms with van der Waals surface area (Å²) in [5.74, 6) is -3.19. The first-order valence-electron chi connectivity index (χ1n) is 8.62. The molecule has 0 aliphatic heterocycles. The molecule has 3 aromatic rings. The Kier molecular flexibility index (Phi) is 5.78. The van der Waals surface area contributed by atoms with E-state index in [0.29, 0.717) is 11.3 Å². The van der Waals surface area contributed by atoms with E-state index in [4.69, 9.17) is 0 Å². The number of nitrogens with one attached hydrogen (secondary N) is 2. The summed E-state index contributed by atoms with van der Waals surface area (Å²) in [6.45, 7) is 1.45. The van der Waals surface area contributed by atoms with Crippen molar-refractivity contribution in [2.75, 3.05) is 10.6 Å². The molecule has 7 heteroatoms. The molecule has 3 rings (SSSR count). The molecular weight excluding hydrogens is 378 g/mol. The molecule has 0 saturated heterocycles. The van der Waals surface area contributed by atoms with E-state index >= 15 is 0 Å². The Morgan fingerprint density at radius 1 is 0.655 bits per heavy atom. The summed E-state index contributed by atoms with van der Waals surface area (Å²) in [6.07, 6.45) is 0. The van der Waals surface area contributed by atoms with E-state index in [1.54, 1.807) is 24.3 Å². The molecule has 0 aliphatic carbocycles. The summed E-state index contributed by atoms with van der Waals surface area (Å²) in [4.78, 5) is 36.1. The maximum atomic E-state index is 13.3. The Balaban J connectivity index is 1.72. The van der Waals surface area contributed by atoms with Crippen LogP contribution < -0.4 is 10.6 Å².